The smallest absolute Gasteiger partial charge is 0.235 e. The highest BCUT2D eigenvalue weighted by molar-refractivity contribution is 7.91. The van der Waals surface area contributed by atoms with Crippen molar-refractivity contribution in [2.24, 2.45) is 0 Å². The third-order valence-corrected chi connectivity index (χ3v) is 1.86. The molecule has 5 nitrogen and oxygen atoms in total. The van der Waals surface area contributed by atoms with Crippen LogP contribution in [0.4, 0.5) is 0 Å². The lowest BCUT2D eigenvalue weighted by atomic mass is 10.4. The summed E-state index contributed by atoms with van der Waals surface area (Å²) in [5, 5.41) is 10.8. The van der Waals surface area contributed by atoms with Gasteiger partial charge in [0.2, 0.25) is 5.91 Å². The van der Waals surface area contributed by atoms with Gasteiger partial charge < -0.3 is 10.4 Å². The fourth-order valence-corrected chi connectivity index (χ4v) is 1.16. The summed E-state index contributed by atoms with van der Waals surface area (Å²) in [5.41, 5.74) is 0. The highest BCUT2D eigenvalue weighted by Crippen LogP contribution is 1.84. The molecule has 1 amide bonds. The van der Waals surface area contributed by atoms with Crippen molar-refractivity contribution in [2.75, 3.05) is 18.6 Å². The van der Waals surface area contributed by atoms with Crippen LogP contribution in [-0.2, 0) is 14.6 Å². The molecule has 0 radical (unpaired) electrons. The van der Waals surface area contributed by atoms with Gasteiger partial charge in [0.1, 0.15) is 5.75 Å². The molecule has 0 aromatic carbocycles. The van der Waals surface area contributed by atoms with Gasteiger partial charge in [-0.05, 0) is 6.92 Å². The first-order chi connectivity index (χ1) is 5.35. The van der Waals surface area contributed by atoms with Gasteiger partial charge in [-0.2, -0.15) is 0 Å². The summed E-state index contributed by atoms with van der Waals surface area (Å²) in [5.74, 6) is -1.11. The van der Waals surface area contributed by atoms with Crippen LogP contribution < -0.4 is 5.32 Å². The van der Waals surface area contributed by atoms with Crippen LogP contribution in [0.2, 0.25) is 0 Å². The van der Waals surface area contributed by atoms with E-state index in [1.54, 1.807) is 6.92 Å². The Balaban J connectivity index is 3.92. The highest BCUT2D eigenvalue weighted by atomic mass is 32.2. The SMILES string of the molecule is C[C@@H](CO)NC(=O)CS(C)(=O)=O. The summed E-state index contributed by atoms with van der Waals surface area (Å²) in [7, 11) is -3.27. The van der Waals surface area contributed by atoms with Crippen LogP contribution in [0.1, 0.15) is 6.92 Å². The first kappa shape index (κ1) is 11.4. The van der Waals surface area contributed by atoms with Gasteiger partial charge in [0.15, 0.2) is 9.84 Å². The van der Waals surface area contributed by atoms with Gasteiger partial charge in [-0.25, -0.2) is 8.42 Å². The second-order valence-electron chi connectivity index (χ2n) is 2.72. The maximum absolute atomic E-state index is 10.8. The number of aliphatic hydroxyl groups is 1. The van der Waals surface area contributed by atoms with E-state index in [9.17, 15) is 13.2 Å². The largest absolute Gasteiger partial charge is 0.394 e. The quantitative estimate of drug-likeness (QED) is 0.573. The maximum atomic E-state index is 10.8. The second-order valence-corrected chi connectivity index (χ2v) is 4.86. The predicted molar refractivity (Wildman–Crippen MR) is 44.4 cm³/mol. The molecule has 0 aromatic heterocycles. The monoisotopic (exact) mass is 195 g/mol. The Kier molecular flexibility index (Phi) is 4.19. The summed E-state index contributed by atoms with van der Waals surface area (Å²) in [6, 6.07) is -0.403. The summed E-state index contributed by atoms with van der Waals surface area (Å²) >= 11 is 0. The van der Waals surface area contributed by atoms with Gasteiger partial charge in [-0.1, -0.05) is 0 Å². The van der Waals surface area contributed by atoms with Crippen LogP contribution in [0.25, 0.3) is 0 Å². The van der Waals surface area contributed by atoms with Crippen LogP contribution >= 0.6 is 0 Å². The molecule has 12 heavy (non-hydrogen) atoms. The summed E-state index contributed by atoms with van der Waals surface area (Å²) in [6.45, 7) is 1.38. The summed E-state index contributed by atoms with van der Waals surface area (Å²) in [6.07, 6.45) is 0.982. The van der Waals surface area contributed by atoms with Crippen LogP contribution in [-0.4, -0.2) is 44.1 Å². The van der Waals surface area contributed by atoms with Crippen molar-refractivity contribution in [3.05, 3.63) is 0 Å². The second kappa shape index (κ2) is 4.42. The van der Waals surface area contributed by atoms with Gasteiger partial charge in [0.25, 0.3) is 0 Å². The number of nitrogens with one attached hydrogen (secondary N) is 1. The lowest BCUT2D eigenvalue weighted by Gasteiger charge is -2.09. The molecule has 0 aliphatic carbocycles. The minimum atomic E-state index is -3.27. The van der Waals surface area contributed by atoms with Gasteiger partial charge in [0.05, 0.1) is 6.61 Å². The zero-order chi connectivity index (χ0) is 9.78. The van der Waals surface area contributed by atoms with Gasteiger partial charge in [-0.3, -0.25) is 4.79 Å². The Labute approximate surface area is 71.7 Å². The highest BCUT2D eigenvalue weighted by Gasteiger charge is 2.12. The van der Waals surface area contributed by atoms with E-state index in [0.717, 1.165) is 6.26 Å². The standard InChI is InChI=1S/C6H13NO4S/c1-5(3-8)7-6(9)4-12(2,10)11/h5,8H,3-4H2,1-2H3,(H,7,9)/t5-/m0/s1. The molecule has 2 N–H and O–H groups in total. The van der Waals surface area contributed by atoms with Crippen molar-refractivity contribution in [3.8, 4) is 0 Å². The Morgan fingerprint density at radius 1 is 1.58 bits per heavy atom. The third-order valence-electron chi connectivity index (χ3n) is 1.07. The van der Waals surface area contributed by atoms with E-state index in [4.69, 9.17) is 5.11 Å². The number of carbonyl (C=O) groups excluding carboxylic acids is 1. The van der Waals surface area contributed by atoms with E-state index >= 15 is 0 Å². The zero-order valence-corrected chi connectivity index (χ0v) is 7.89. The Morgan fingerprint density at radius 3 is 2.42 bits per heavy atom. The minimum absolute atomic E-state index is 0.199. The number of aliphatic hydroxyl groups excluding tert-OH is 1. The van der Waals surface area contributed by atoms with Crippen molar-refractivity contribution in [1.29, 1.82) is 0 Å². The average Bonchev–Trinajstić information content (AvgIpc) is 1.82. The molecule has 0 aromatic rings. The topological polar surface area (TPSA) is 83.5 Å². The molecule has 0 heterocycles. The van der Waals surface area contributed by atoms with E-state index in [-0.39, 0.29) is 6.61 Å². The summed E-state index contributed by atoms with van der Waals surface area (Å²) in [4.78, 5) is 10.8. The lowest BCUT2D eigenvalue weighted by molar-refractivity contribution is -0.119. The number of carbonyl (C=O) groups is 1. The van der Waals surface area contributed by atoms with Crippen molar-refractivity contribution in [3.63, 3.8) is 0 Å². The van der Waals surface area contributed by atoms with Gasteiger partial charge in [-0.15, -0.1) is 0 Å². The Morgan fingerprint density at radius 2 is 2.08 bits per heavy atom. The van der Waals surface area contributed by atoms with Crippen LogP contribution in [0.5, 0.6) is 0 Å². The molecule has 0 aliphatic rings. The number of amides is 1. The van der Waals surface area contributed by atoms with E-state index in [0.29, 0.717) is 0 Å². The van der Waals surface area contributed by atoms with Gasteiger partial charge in [0, 0.05) is 12.3 Å². The summed E-state index contributed by atoms with van der Waals surface area (Å²) < 4.78 is 21.2. The van der Waals surface area contributed by atoms with E-state index in [2.05, 4.69) is 5.32 Å². The van der Waals surface area contributed by atoms with Crippen LogP contribution in [0.3, 0.4) is 0 Å². The molecule has 1 atom stereocenters. The molecule has 6 heteroatoms. The first-order valence-electron chi connectivity index (χ1n) is 3.43. The van der Waals surface area contributed by atoms with E-state index in [1.807, 2.05) is 0 Å². The molecule has 0 fully saturated rings. The van der Waals surface area contributed by atoms with Crippen LogP contribution in [0.15, 0.2) is 0 Å². The predicted octanol–water partition coefficient (Wildman–Crippen LogP) is -1.47. The van der Waals surface area contributed by atoms with Crippen molar-refractivity contribution in [1.82, 2.24) is 5.32 Å². The Hall–Kier alpha value is -0.620. The molecule has 0 unspecified atom stereocenters. The fraction of sp³-hybridized carbons (Fsp3) is 0.833. The molecule has 0 saturated carbocycles. The fourth-order valence-electron chi connectivity index (χ4n) is 0.600. The van der Waals surface area contributed by atoms with E-state index < -0.39 is 27.5 Å². The molecular formula is C6H13NO4S. The molecular weight excluding hydrogens is 182 g/mol. The van der Waals surface area contributed by atoms with Crippen LogP contribution in [0, 0.1) is 0 Å². The molecule has 0 bridgehead atoms. The average molecular weight is 195 g/mol. The number of rotatable bonds is 4. The number of sulfone groups is 1. The first-order valence-corrected chi connectivity index (χ1v) is 5.49. The van der Waals surface area contributed by atoms with Crippen molar-refractivity contribution in [2.45, 2.75) is 13.0 Å². The molecule has 0 aliphatic heterocycles. The molecule has 72 valence electrons. The lowest BCUT2D eigenvalue weighted by Crippen LogP contribution is -2.38. The van der Waals surface area contributed by atoms with Crippen molar-refractivity contribution < 1.29 is 18.3 Å². The Bertz CT molecular complexity index is 246. The zero-order valence-electron chi connectivity index (χ0n) is 7.07. The number of hydrogen-bond donors (Lipinski definition) is 2. The van der Waals surface area contributed by atoms with Crippen molar-refractivity contribution >= 4 is 15.7 Å². The maximum Gasteiger partial charge on any atom is 0.235 e. The minimum Gasteiger partial charge on any atom is -0.394 e. The number of hydrogen-bond acceptors (Lipinski definition) is 4. The normalized spacial score (nSPS) is 13.9. The molecule has 0 rings (SSSR count). The van der Waals surface area contributed by atoms with Gasteiger partial charge >= 0.3 is 0 Å². The van der Waals surface area contributed by atoms with E-state index in [1.165, 1.54) is 0 Å². The molecule has 0 saturated heterocycles. The third kappa shape index (κ3) is 6.11. The molecule has 0 spiro atoms.